The summed E-state index contributed by atoms with van der Waals surface area (Å²) in [6.45, 7) is 1.43. The van der Waals surface area contributed by atoms with E-state index < -0.39 is 12.6 Å². The molecule has 0 aliphatic carbocycles. The molecule has 3 heteroatoms. The molecule has 2 atom stereocenters. The minimum absolute atomic E-state index is 0.0723. The minimum atomic E-state index is -0.545. The van der Waals surface area contributed by atoms with Crippen LogP contribution in [0.4, 0.5) is 0 Å². The predicted octanol–water partition coefficient (Wildman–Crippen LogP) is -0.0104. The Balaban J connectivity index is 2.50. The summed E-state index contributed by atoms with van der Waals surface area (Å²) < 4.78 is 7.44. The zero-order valence-corrected chi connectivity index (χ0v) is 6.08. The lowest BCUT2D eigenvalue weighted by molar-refractivity contribution is -0.130. The Labute approximate surface area is 62.0 Å². The minimum Gasteiger partial charge on any atom is -0.393 e. The van der Waals surface area contributed by atoms with Gasteiger partial charge in [0, 0.05) is 21.4 Å². The third-order valence-electron chi connectivity index (χ3n) is 1.71. The van der Waals surface area contributed by atoms with Crippen molar-refractivity contribution in [3.63, 3.8) is 0 Å². The van der Waals surface area contributed by atoms with Gasteiger partial charge in [-0.2, -0.15) is 0 Å². The van der Waals surface area contributed by atoms with Crippen LogP contribution in [0.3, 0.4) is 0 Å². The first-order chi connectivity index (χ1) is 5.11. The van der Waals surface area contributed by atoms with Gasteiger partial charge in [-0.05, 0) is 12.8 Å². The summed E-state index contributed by atoms with van der Waals surface area (Å²) in [5, 5.41) is 9.12. The Bertz CT molecular complexity index is 163. The number of aliphatic hydroxyl groups excluding tert-OH is 1. The fraction of sp³-hybridized carbons (Fsp3) is 0.857. The summed E-state index contributed by atoms with van der Waals surface area (Å²) in [6.07, 6.45) is 0.599. The normalized spacial score (nSPS) is 35.4. The fourth-order valence-corrected chi connectivity index (χ4v) is 1.03. The molecule has 10 heavy (non-hydrogen) atoms. The van der Waals surface area contributed by atoms with Crippen LogP contribution in [0.5, 0.6) is 0 Å². The van der Waals surface area contributed by atoms with Crippen LogP contribution in [0.1, 0.15) is 21.1 Å². The van der Waals surface area contributed by atoms with Crippen LogP contribution < -0.4 is 0 Å². The molecule has 0 aromatic rings. The first kappa shape index (κ1) is 6.16. The number of piperidine rings is 1. The molecule has 0 aromatic heterocycles. The van der Waals surface area contributed by atoms with E-state index >= 15 is 0 Å². The average molecular weight is 144 g/mol. The number of amides is 1. The van der Waals surface area contributed by atoms with Gasteiger partial charge in [0.15, 0.2) is 0 Å². The van der Waals surface area contributed by atoms with E-state index in [1.54, 1.807) is 0 Å². The van der Waals surface area contributed by atoms with Crippen LogP contribution in [-0.4, -0.2) is 35.1 Å². The summed E-state index contributed by atoms with van der Waals surface area (Å²) in [5.41, 5.74) is 0. The molecule has 1 aliphatic heterocycles. The summed E-state index contributed by atoms with van der Waals surface area (Å²) >= 11 is 0. The topological polar surface area (TPSA) is 40.5 Å². The fourth-order valence-electron chi connectivity index (χ4n) is 1.03. The van der Waals surface area contributed by atoms with Crippen molar-refractivity contribution in [2.45, 2.75) is 25.9 Å². The van der Waals surface area contributed by atoms with Crippen LogP contribution in [-0.2, 0) is 4.79 Å². The Morgan fingerprint density at radius 1 is 1.80 bits per heavy atom. The monoisotopic (exact) mass is 144 g/mol. The van der Waals surface area contributed by atoms with Gasteiger partial charge in [-0.25, -0.2) is 0 Å². The SMILES string of the molecule is [2H]C1CC(O)CCN1C(C)=O. The van der Waals surface area contributed by atoms with E-state index in [0.717, 1.165) is 0 Å². The van der Waals surface area contributed by atoms with Crippen molar-refractivity contribution in [2.75, 3.05) is 13.1 Å². The van der Waals surface area contributed by atoms with Crippen LogP contribution in [0.15, 0.2) is 0 Å². The zero-order valence-electron chi connectivity index (χ0n) is 7.08. The lowest BCUT2D eigenvalue weighted by atomic mass is 10.1. The van der Waals surface area contributed by atoms with Crippen LogP contribution in [0, 0.1) is 0 Å². The molecule has 3 nitrogen and oxygen atoms in total. The second-order valence-electron chi connectivity index (χ2n) is 2.57. The first-order valence-electron chi connectivity index (χ1n) is 4.06. The van der Waals surface area contributed by atoms with Gasteiger partial charge in [-0.1, -0.05) is 0 Å². The molecule has 1 amide bonds. The molecule has 1 fully saturated rings. The highest BCUT2D eigenvalue weighted by Crippen LogP contribution is 2.09. The van der Waals surface area contributed by atoms with Gasteiger partial charge in [0.05, 0.1) is 6.10 Å². The van der Waals surface area contributed by atoms with Gasteiger partial charge < -0.3 is 10.0 Å². The maximum Gasteiger partial charge on any atom is 0.219 e. The summed E-state index contributed by atoms with van der Waals surface area (Å²) in [6, 6.07) is 0. The number of rotatable bonds is 0. The number of likely N-dealkylation sites (tertiary alicyclic amines) is 1. The van der Waals surface area contributed by atoms with E-state index in [1.807, 2.05) is 0 Å². The molecule has 1 heterocycles. The summed E-state index contributed by atoms with van der Waals surface area (Å²) in [4.78, 5) is 12.3. The third-order valence-corrected chi connectivity index (χ3v) is 1.71. The Morgan fingerprint density at radius 2 is 2.50 bits per heavy atom. The predicted molar refractivity (Wildman–Crippen MR) is 37.5 cm³/mol. The maximum absolute atomic E-state index is 10.8. The molecule has 0 bridgehead atoms. The van der Waals surface area contributed by atoms with Crippen molar-refractivity contribution >= 4 is 5.91 Å². The molecule has 0 spiro atoms. The first-order valence-corrected chi connectivity index (χ1v) is 3.49. The maximum atomic E-state index is 10.8. The number of hydrogen-bond acceptors (Lipinski definition) is 2. The Hall–Kier alpha value is -0.570. The Kier molecular flexibility index (Phi) is 1.86. The van der Waals surface area contributed by atoms with Crippen molar-refractivity contribution < 1.29 is 11.3 Å². The molecule has 58 valence electrons. The van der Waals surface area contributed by atoms with Crippen molar-refractivity contribution in [2.24, 2.45) is 0 Å². The van der Waals surface area contributed by atoms with E-state index in [-0.39, 0.29) is 5.91 Å². The molecular formula is C7H13NO2. The molecule has 0 radical (unpaired) electrons. The molecule has 1 rings (SSSR count). The number of carbonyl (C=O) groups is 1. The van der Waals surface area contributed by atoms with Gasteiger partial charge in [0.2, 0.25) is 5.91 Å². The smallest absolute Gasteiger partial charge is 0.219 e. The van der Waals surface area contributed by atoms with Gasteiger partial charge >= 0.3 is 0 Å². The van der Waals surface area contributed by atoms with E-state index in [0.29, 0.717) is 19.4 Å². The molecule has 0 saturated carbocycles. The molecule has 1 saturated heterocycles. The van der Waals surface area contributed by atoms with Gasteiger partial charge in [0.1, 0.15) is 0 Å². The van der Waals surface area contributed by atoms with E-state index in [4.69, 9.17) is 6.48 Å². The van der Waals surface area contributed by atoms with E-state index in [1.165, 1.54) is 11.8 Å². The van der Waals surface area contributed by atoms with Crippen molar-refractivity contribution in [1.29, 1.82) is 0 Å². The van der Waals surface area contributed by atoms with Crippen molar-refractivity contribution in [1.82, 2.24) is 4.90 Å². The van der Waals surface area contributed by atoms with Crippen LogP contribution in [0.25, 0.3) is 0 Å². The molecular weight excluding hydrogens is 130 g/mol. The van der Waals surface area contributed by atoms with E-state index in [2.05, 4.69) is 0 Å². The van der Waals surface area contributed by atoms with Crippen molar-refractivity contribution in [3.8, 4) is 0 Å². The van der Waals surface area contributed by atoms with Crippen LogP contribution in [0.2, 0.25) is 0 Å². The number of nitrogens with zero attached hydrogens (tertiary/aromatic N) is 1. The highest BCUT2D eigenvalue weighted by Gasteiger charge is 2.17. The van der Waals surface area contributed by atoms with Gasteiger partial charge in [-0.15, -0.1) is 0 Å². The van der Waals surface area contributed by atoms with E-state index in [9.17, 15) is 4.79 Å². The highest BCUT2D eigenvalue weighted by atomic mass is 16.3. The zero-order chi connectivity index (χ0) is 8.43. The van der Waals surface area contributed by atoms with Gasteiger partial charge in [0.25, 0.3) is 0 Å². The van der Waals surface area contributed by atoms with Crippen LogP contribution >= 0.6 is 0 Å². The quantitative estimate of drug-likeness (QED) is 0.519. The second-order valence-corrected chi connectivity index (χ2v) is 2.57. The molecule has 2 unspecified atom stereocenters. The Morgan fingerprint density at radius 3 is 3.00 bits per heavy atom. The summed E-state index contributed by atoms with van der Waals surface area (Å²) in [7, 11) is 0. The summed E-state index contributed by atoms with van der Waals surface area (Å²) in [5.74, 6) is -0.0723. The number of carbonyl (C=O) groups excluding carboxylic acids is 1. The lowest BCUT2D eigenvalue weighted by Gasteiger charge is -2.28. The lowest BCUT2D eigenvalue weighted by Crippen LogP contribution is -2.38. The molecule has 1 aliphatic rings. The largest absolute Gasteiger partial charge is 0.393 e. The van der Waals surface area contributed by atoms with Gasteiger partial charge in [-0.3, -0.25) is 4.79 Å². The second kappa shape index (κ2) is 3.01. The average Bonchev–Trinajstić information content (AvgIpc) is 1.85. The number of hydrogen-bond donors (Lipinski definition) is 1. The molecule has 0 aromatic carbocycles. The van der Waals surface area contributed by atoms with Crippen molar-refractivity contribution in [3.05, 3.63) is 0 Å². The number of aliphatic hydroxyl groups is 1. The molecule has 1 N–H and O–H groups in total. The standard InChI is InChI=1S/C7H13NO2/c1-6(9)8-4-2-7(10)3-5-8/h7,10H,2-5H2,1H3/i4D. The third kappa shape index (κ3) is 1.70. The highest BCUT2D eigenvalue weighted by molar-refractivity contribution is 5.73.